The van der Waals surface area contributed by atoms with Crippen LogP contribution in [0.3, 0.4) is 0 Å². The molecule has 0 heterocycles. The first-order chi connectivity index (χ1) is 16.3. The van der Waals surface area contributed by atoms with Gasteiger partial charge in [0.25, 0.3) is 0 Å². The first kappa shape index (κ1) is 20.7. The summed E-state index contributed by atoms with van der Waals surface area (Å²) in [5.41, 5.74) is 13.1. The van der Waals surface area contributed by atoms with E-state index in [2.05, 4.69) is 122 Å². The molecule has 33 heavy (non-hydrogen) atoms. The molecule has 4 aromatic carbocycles. The molecule has 4 aromatic rings. The maximum atomic E-state index is 2.43. The van der Waals surface area contributed by atoms with Crippen LogP contribution in [0, 0.1) is 6.92 Å². The molecular formula is C32H25Zr. The van der Waals surface area contributed by atoms with Gasteiger partial charge in [0, 0.05) is 0 Å². The van der Waals surface area contributed by atoms with Crippen molar-refractivity contribution in [3.05, 3.63) is 149 Å². The third-order valence-electron chi connectivity index (χ3n) is 6.71. The van der Waals surface area contributed by atoms with Crippen molar-refractivity contribution in [1.29, 1.82) is 0 Å². The summed E-state index contributed by atoms with van der Waals surface area (Å²) in [7, 11) is 0. The SMILES string of the molecule is Cc1cc(C2=CC=CC2)c2c(c1)-c1ccccc1[CH]2[Zr]=[C](c1ccccc1)c1ccccc1. The predicted molar refractivity (Wildman–Crippen MR) is 136 cm³/mol. The summed E-state index contributed by atoms with van der Waals surface area (Å²) >= 11 is -1.08. The van der Waals surface area contributed by atoms with Gasteiger partial charge in [0.15, 0.2) is 0 Å². The van der Waals surface area contributed by atoms with Gasteiger partial charge in [0.05, 0.1) is 0 Å². The van der Waals surface area contributed by atoms with Crippen molar-refractivity contribution < 1.29 is 22.8 Å². The number of benzene rings is 4. The minimum absolute atomic E-state index is 0.507. The van der Waals surface area contributed by atoms with E-state index in [0.29, 0.717) is 3.63 Å². The van der Waals surface area contributed by atoms with Gasteiger partial charge in [0.2, 0.25) is 0 Å². The van der Waals surface area contributed by atoms with Crippen LogP contribution in [0.2, 0.25) is 0 Å². The summed E-state index contributed by atoms with van der Waals surface area (Å²) in [6, 6.07) is 36.1. The Balaban J connectivity index is 1.62. The van der Waals surface area contributed by atoms with E-state index in [4.69, 9.17) is 0 Å². The summed E-state index contributed by atoms with van der Waals surface area (Å²) in [6.07, 6.45) is 7.86. The summed E-state index contributed by atoms with van der Waals surface area (Å²) in [5.74, 6) is 0. The van der Waals surface area contributed by atoms with Crippen molar-refractivity contribution in [3.8, 4) is 11.1 Å². The van der Waals surface area contributed by atoms with Crippen LogP contribution in [0.25, 0.3) is 16.7 Å². The van der Waals surface area contributed by atoms with E-state index in [-0.39, 0.29) is 0 Å². The quantitative estimate of drug-likeness (QED) is 0.269. The first-order valence-electron chi connectivity index (χ1n) is 11.6. The fraction of sp³-hybridized carbons (Fsp3) is 0.0938. The molecule has 0 bridgehead atoms. The third-order valence-corrected chi connectivity index (χ3v) is 11.0. The van der Waals surface area contributed by atoms with Gasteiger partial charge >= 0.3 is 208 Å². The van der Waals surface area contributed by atoms with Crippen LogP contribution in [0.5, 0.6) is 0 Å². The Morgan fingerprint density at radius 3 is 2.03 bits per heavy atom. The van der Waals surface area contributed by atoms with Crippen LogP contribution in [-0.2, 0) is 22.8 Å². The van der Waals surface area contributed by atoms with Crippen molar-refractivity contribution >= 4 is 8.78 Å². The second kappa shape index (κ2) is 8.81. The summed E-state index contributed by atoms with van der Waals surface area (Å²) in [5, 5.41) is 0. The van der Waals surface area contributed by atoms with Crippen LogP contribution in [0.4, 0.5) is 0 Å². The van der Waals surface area contributed by atoms with Crippen molar-refractivity contribution in [1.82, 2.24) is 0 Å². The topological polar surface area (TPSA) is 0 Å². The Bertz CT molecular complexity index is 1380. The van der Waals surface area contributed by atoms with E-state index >= 15 is 0 Å². The fourth-order valence-corrected chi connectivity index (χ4v) is 9.70. The fourth-order valence-electron chi connectivity index (χ4n) is 5.23. The molecule has 157 valence electrons. The summed E-state index contributed by atoms with van der Waals surface area (Å²) in [4.78, 5) is 0. The van der Waals surface area contributed by atoms with E-state index in [0.717, 1.165) is 6.42 Å². The van der Waals surface area contributed by atoms with Gasteiger partial charge in [-0.05, 0) is 0 Å². The normalized spacial score (nSPS) is 15.5. The number of aryl methyl sites for hydroxylation is 1. The predicted octanol–water partition coefficient (Wildman–Crippen LogP) is 7.76. The Kier molecular flexibility index (Phi) is 5.52. The molecule has 0 fully saturated rings. The molecule has 0 radical (unpaired) electrons. The molecule has 0 N–H and O–H groups in total. The molecule has 2 aliphatic carbocycles. The van der Waals surface area contributed by atoms with Crippen LogP contribution in [-0.4, -0.2) is 3.21 Å². The Morgan fingerprint density at radius 2 is 1.36 bits per heavy atom. The van der Waals surface area contributed by atoms with Crippen LogP contribution in [0.1, 0.15) is 43.4 Å². The zero-order valence-corrected chi connectivity index (χ0v) is 21.2. The van der Waals surface area contributed by atoms with Crippen LogP contribution >= 0.6 is 0 Å². The van der Waals surface area contributed by atoms with Gasteiger partial charge in [0.1, 0.15) is 0 Å². The van der Waals surface area contributed by atoms with Crippen molar-refractivity contribution in [3.63, 3.8) is 0 Å². The molecule has 0 spiro atoms. The first-order valence-corrected chi connectivity index (χ1v) is 14.3. The minimum atomic E-state index is -1.08. The van der Waals surface area contributed by atoms with Crippen molar-refractivity contribution in [2.45, 2.75) is 17.0 Å². The molecule has 0 amide bonds. The Labute approximate surface area is 207 Å². The second-order valence-corrected chi connectivity index (χ2v) is 12.2. The number of hydrogen-bond acceptors (Lipinski definition) is 0. The molecule has 0 aliphatic heterocycles. The maximum absolute atomic E-state index is 2.43. The van der Waals surface area contributed by atoms with Gasteiger partial charge < -0.3 is 0 Å². The number of fused-ring (bicyclic) bond motifs is 3. The molecular weight excluding hydrogens is 476 g/mol. The number of rotatable bonds is 4. The molecule has 1 unspecified atom stereocenters. The number of hydrogen-bond donors (Lipinski definition) is 0. The number of allylic oxidation sites excluding steroid dienone is 4. The van der Waals surface area contributed by atoms with Crippen LogP contribution < -0.4 is 0 Å². The Hall–Kier alpha value is -2.89. The monoisotopic (exact) mass is 499 g/mol. The second-order valence-electron chi connectivity index (χ2n) is 8.87. The molecule has 0 saturated carbocycles. The van der Waals surface area contributed by atoms with Gasteiger partial charge in [-0.1, -0.05) is 0 Å². The average Bonchev–Trinajstić information content (AvgIpc) is 3.50. The molecule has 2 aliphatic rings. The Morgan fingerprint density at radius 1 is 0.727 bits per heavy atom. The molecule has 6 rings (SSSR count). The van der Waals surface area contributed by atoms with E-state index in [1.54, 1.807) is 8.77 Å². The molecule has 1 heteroatoms. The zero-order valence-electron chi connectivity index (χ0n) is 18.8. The molecule has 1 atom stereocenters. The van der Waals surface area contributed by atoms with E-state index in [1.165, 1.54) is 44.5 Å². The van der Waals surface area contributed by atoms with Crippen LogP contribution in [0.15, 0.2) is 115 Å². The molecule has 0 saturated heterocycles. The van der Waals surface area contributed by atoms with Crippen molar-refractivity contribution in [2.24, 2.45) is 0 Å². The van der Waals surface area contributed by atoms with Crippen molar-refractivity contribution in [2.75, 3.05) is 0 Å². The summed E-state index contributed by atoms with van der Waals surface area (Å²) < 4.78 is 2.09. The molecule has 0 nitrogen and oxygen atoms in total. The zero-order chi connectivity index (χ0) is 22.2. The van der Waals surface area contributed by atoms with Gasteiger partial charge in [-0.25, -0.2) is 0 Å². The van der Waals surface area contributed by atoms with E-state index in [1.807, 2.05) is 0 Å². The standard InChI is InChI=1S/C19H15.C13H10.Zr/c1-13-10-17(14-6-2-3-7-14)19-12-15-8-4-5-9-16(15)18(19)11-13;1-3-7-12(8-4-1)11-13-9-5-2-6-10-13;/h2-6,8-12H,7H2,1H3;1-10H;. The third kappa shape index (κ3) is 3.79. The van der Waals surface area contributed by atoms with E-state index in [9.17, 15) is 0 Å². The van der Waals surface area contributed by atoms with Gasteiger partial charge in [-0.3, -0.25) is 0 Å². The van der Waals surface area contributed by atoms with Gasteiger partial charge in [-0.2, -0.15) is 0 Å². The average molecular weight is 501 g/mol. The van der Waals surface area contributed by atoms with E-state index < -0.39 is 22.8 Å². The van der Waals surface area contributed by atoms with Gasteiger partial charge in [-0.15, -0.1) is 0 Å². The summed E-state index contributed by atoms with van der Waals surface area (Å²) in [6.45, 7) is 2.24. The molecule has 0 aromatic heterocycles.